The molecular weight excluding hydrogens is 224 g/mol. The molecular formula is C16H22O2. The smallest absolute Gasteiger partial charge is 0.311 e. The van der Waals surface area contributed by atoms with E-state index in [4.69, 9.17) is 0 Å². The second kappa shape index (κ2) is 4.75. The molecule has 98 valence electrons. The lowest BCUT2D eigenvalue weighted by molar-refractivity contribution is -0.141. The maximum absolute atomic E-state index is 11.4. The molecule has 0 heterocycles. The molecule has 1 atom stereocenters. The van der Waals surface area contributed by atoms with Crippen LogP contribution in [0, 0.1) is 5.92 Å². The molecule has 0 aliphatic heterocycles. The topological polar surface area (TPSA) is 37.3 Å². The van der Waals surface area contributed by atoms with Crippen molar-refractivity contribution in [2.24, 2.45) is 5.92 Å². The van der Waals surface area contributed by atoms with Gasteiger partial charge in [-0.05, 0) is 35.3 Å². The Morgan fingerprint density at radius 1 is 1.22 bits per heavy atom. The molecule has 1 unspecified atom stereocenters. The van der Waals surface area contributed by atoms with Crippen molar-refractivity contribution >= 4 is 5.97 Å². The Labute approximate surface area is 109 Å². The molecule has 2 rings (SSSR count). The van der Waals surface area contributed by atoms with Crippen LogP contribution in [0.3, 0.4) is 0 Å². The fourth-order valence-electron chi connectivity index (χ4n) is 2.58. The van der Waals surface area contributed by atoms with E-state index in [1.165, 1.54) is 12.0 Å². The van der Waals surface area contributed by atoms with Gasteiger partial charge in [-0.25, -0.2) is 0 Å². The summed E-state index contributed by atoms with van der Waals surface area (Å²) in [4.78, 5) is 11.4. The van der Waals surface area contributed by atoms with Crippen molar-refractivity contribution in [3.05, 3.63) is 35.4 Å². The Morgan fingerprint density at radius 3 is 2.11 bits per heavy atom. The van der Waals surface area contributed by atoms with Crippen molar-refractivity contribution in [1.29, 1.82) is 0 Å². The van der Waals surface area contributed by atoms with Gasteiger partial charge in [0.15, 0.2) is 0 Å². The first-order valence-corrected chi connectivity index (χ1v) is 6.73. The van der Waals surface area contributed by atoms with E-state index in [0.717, 1.165) is 18.4 Å². The number of rotatable bonds is 3. The highest BCUT2D eigenvalue weighted by Crippen LogP contribution is 2.39. The van der Waals surface area contributed by atoms with E-state index >= 15 is 0 Å². The summed E-state index contributed by atoms with van der Waals surface area (Å²) in [6.07, 6.45) is 3.28. The van der Waals surface area contributed by atoms with E-state index in [1.54, 1.807) is 0 Å². The van der Waals surface area contributed by atoms with E-state index in [1.807, 2.05) is 12.1 Å². The first-order chi connectivity index (χ1) is 8.39. The van der Waals surface area contributed by atoms with Gasteiger partial charge < -0.3 is 5.11 Å². The quantitative estimate of drug-likeness (QED) is 0.876. The van der Waals surface area contributed by atoms with Gasteiger partial charge in [0, 0.05) is 0 Å². The van der Waals surface area contributed by atoms with Crippen molar-refractivity contribution in [2.45, 2.75) is 51.4 Å². The van der Waals surface area contributed by atoms with Crippen molar-refractivity contribution in [3.8, 4) is 0 Å². The van der Waals surface area contributed by atoms with Crippen LogP contribution in [0.5, 0.6) is 0 Å². The van der Waals surface area contributed by atoms with Crippen molar-refractivity contribution < 1.29 is 9.90 Å². The van der Waals surface area contributed by atoms with Crippen LogP contribution in [0.4, 0.5) is 0 Å². The van der Waals surface area contributed by atoms with E-state index in [-0.39, 0.29) is 11.3 Å². The zero-order valence-corrected chi connectivity index (χ0v) is 11.4. The van der Waals surface area contributed by atoms with Gasteiger partial charge in [-0.1, -0.05) is 51.5 Å². The molecule has 1 aromatic carbocycles. The Morgan fingerprint density at radius 2 is 1.78 bits per heavy atom. The van der Waals surface area contributed by atoms with E-state index in [9.17, 15) is 9.90 Å². The average Bonchev–Trinajstić information content (AvgIpc) is 2.21. The van der Waals surface area contributed by atoms with Crippen LogP contribution in [0.15, 0.2) is 24.3 Å². The summed E-state index contributed by atoms with van der Waals surface area (Å²) in [6, 6.07) is 8.14. The average molecular weight is 246 g/mol. The summed E-state index contributed by atoms with van der Waals surface area (Å²) in [6.45, 7) is 6.51. The molecule has 2 heteroatoms. The SMILES string of the molecule is CC(C)(C)c1ccc(C(C(=O)O)C2CCC2)cc1. The third-order valence-electron chi connectivity index (χ3n) is 4.02. The number of aliphatic carboxylic acids is 1. The van der Waals surface area contributed by atoms with Gasteiger partial charge in [0.05, 0.1) is 5.92 Å². The summed E-state index contributed by atoms with van der Waals surface area (Å²) >= 11 is 0. The Kier molecular flexibility index (Phi) is 3.47. The van der Waals surface area contributed by atoms with Crippen molar-refractivity contribution in [1.82, 2.24) is 0 Å². The first kappa shape index (κ1) is 13.1. The molecule has 1 fully saturated rings. The van der Waals surface area contributed by atoms with E-state index in [2.05, 4.69) is 32.9 Å². The summed E-state index contributed by atoms with van der Waals surface area (Å²) in [5.74, 6) is -0.654. The molecule has 1 N–H and O–H groups in total. The van der Waals surface area contributed by atoms with Gasteiger partial charge in [-0.3, -0.25) is 4.79 Å². The summed E-state index contributed by atoms with van der Waals surface area (Å²) < 4.78 is 0. The van der Waals surface area contributed by atoms with Gasteiger partial charge in [0.25, 0.3) is 0 Å². The van der Waals surface area contributed by atoms with Crippen LogP contribution < -0.4 is 0 Å². The molecule has 0 saturated heterocycles. The van der Waals surface area contributed by atoms with Gasteiger partial charge in [0.1, 0.15) is 0 Å². The molecule has 1 aliphatic carbocycles. The zero-order valence-electron chi connectivity index (χ0n) is 11.4. The Balaban J connectivity index is 2.24. The molecule has 0 spiro atoms. The lowest BCUT2D eigenvalue weighted by Crippen LogP contribution is -2.26. The van der Waals surface area contributed by atoms with E-state index in [0.29, 0.717) is 5.92 Å². The van der Waals surface area contributed by atoms with Crippen LogP contribution in [0.25, 0.3) is 0 Å². The lowest BCUT2D eigenvalue weighted by Gasteiger charge is -2.31. The minimum Gasteiger partial charge on any atom is -0.481 e. The molecule has 2 nitrogen and oxygen atoms in total. The highest BCUT2D eigenvalue weighted by molar-refractivity contribution is 5.76. The second-order valence-corrected chi connectivity index (χ2v) is 6.38. The maximum Gasteiger partial charge on any atom is 0.311 e. The highest BCUT2D eigenvalue weighted by Gasteiger charge is 2.33. The lowest BCUT2D eigenvalue weighted by atomic mass is 9.72. The van der Waals surface area contributed by atoms with Crippen molar-refractivity contribution in [2.75, 3.05) is 0 Å². The second-order valence-electron chi connectivity index (χ2n) is 6.38. The summed E-state index contributed by atoms with van der Waals surface area (Å²) in [5, 5.41) is 9.39. The number of hydrogen-bond donors (Lipinski definition) is 1. The predicted molar refractivity (Wildman–Crippen MR) is 72.9 cm³/mol. The van der Waals surface area contributed by atoms with Gasteiger partial charge in [-0.2, -0.15) is 0 Å². The zero-order chi connectivity index (χ0) is 13.3. The minimum atomic E-state index is -0.678. The monoisotopic (exact) mass is 246 g/mol. The first-order valence-electron chi connectivity index (χ1n) is 6.73. The molecule has 18 heavy (non-hydrogen) atoms. The standard InChI is InChI=1S/C16H22O2/c1-16(2,3)13-9-7-12(8-10-13)14(15(17)18)11-5-4-6-11/h7-11,14H,4-6H2,1-3H3,(H,17,18). The van der Waals surface area contributed by atoms with Crippen LogP contribution in [0.1, 0.15) is 57.1 Å². The number of carboxylic acid groups (broad SMARTS) is 1. The third kappa shape index (κ3) is 2.58. The molecule has 0 aromatic heterocycles. The molecule has 1 aliphatic rings. The number of benzene rings is 1. The fourth-order valence-corrected chi connectivity index (χ4v) is 2.58. The normalized spacial score (nSPS) is 18.2. The largest absolute Gasteiger partial charge is 0.481 e. The summed E-state index contributed by atoms with van der Waals surface area (Å²) in [5.41, 5.74) is 2.33. The summed E-state index contributed by atoms with van der Waals surface area (Å²) in [7, 11) is 0. The van der Waals surface area contributed by atoms with Gasteiger partial charge in [0.2, 0.25) is 0 Å². The van der Waals surface area contributed by atoms with Crippen LogP contribution in [-0.4, -0.2) is 11.1 Å². The molecule has 1 saturated carbocycles. The Bertz CT molecular complexity index is 421. The molecule has 0 radical (unpaired) electrons. The Hall–Kier alpha value is -1.31. The van der Waals surface area contributed by atoms with Gasteiger partial charge >= 0.3 is 5.97 Å². The molecule has 0 amide bonds. The predicted octanol–water partition coefficient (Wildman–Crippen LogP) is 3.95. The molecule has 1 aromatic rings. The minimum absolute atomic E-state index is 0.119. The van der Waals surface area contributed by atoms with E-state index < -0.39 is 5.97 Å². The highest BCUT2D eigenvalue weighted by atomic mass is 16.4. The number of hydrogen-bond acceptors (Lipinski definition) is 1. The third-order valence-corrected chi connectivity index (χ3v) is 4.02. The van der Waals surface area contributed by atoms with Crippen LogP contribution in [-0.2, 0) is 10.2 Å². The number of carboxylic acids is 1. The maximum atomic E-state index is 11.4. The number of carbonyl (C=O) groups is 1. The van der Waals surface area contributed by atoms with Crippen LogP contribution >= 0.6 is 0 Å². The molecule has 0 bridgehead atoms. The van der Waals surface area contributed by atoms with Crippen LogP contribution in [0.2, 0.25) is 0 Å². The van der Waals surface area contributed by atoms with Gasteiger partial charge in [-0.15, -0.1) is 0 Å². The fraction of sp³-hybridized carbons (Fsp3) is 0.562. The van der Waals surface area contributed by atoms with Crippen molar-refractivity contribution in [3.63, 3.8) is 0 Å².